The van der Waals surface area contributed by atoms with Gasteiger partial charge in [0, 0.05) is 43.0 Å². The Kier molecular flexibility index (Phi) is 3.95. The van der Waals surface area contributed by atoms with E-state index in [9.17, 15) is 4.79 Å². The minimum absolute atomic E-state index is 0.0196. The fourth-order valence-corrected chi connectivity index (χ4v) is 2.47. The molecule has 1 atom stereocenters. The van der Waals surface area contributed by atoms with Crippen LogP contribution in [0.4, 0.5) is 5.69 Å². The number of carbonyl (C=O) groups excluding carboxylic acids is 1. The third-order valence-electron chi connectivity index (χ3n) is 3.50. The molecule has 0 aromatic heterocycles. The Bertz CT molecular complexity index is 476. The van der Waals surface area contributed by atoms with E-state index in [4.69, 9.17) is 10.5 Å². The lowest BCUT2D eigenvalue weighted by Crippen LogP contribution is -2.52. The van der Waals surface area contributed by atoms with E-state index >= 15 is 0 Å². The highest BCUT2D eigenvalue weighted by Gasteiger charge is 2.26. The molecule has 1 unspecified atom stereocenters. The standard InChI is InChI=1S/C14H21N3O2/c1-10-9-16(2)4-5-17(10)14(18)11-6-12(15)8-13(7-11)19-3/h6-8,10H,4-5,9,15H2,1-3H3. The van der Waals surface area contributed by atoms with Crippen LogP contribution in [0.15, 0.2) is 18.2 Å². The number of benzene rings is 1. The van der Waals surface area contributed by atoms with Gasteiger partial charge in [-0.3, -0.25) is 4.79 Å². The number of hydrogen-bond donors (Lipinski definition) is 1. The molecule has 0 aliphatic carbocycles. The highest BCUT2D eigenvalue weighted by molar-refractivity contribution is 5.95. The van der Waals surface area contributed by atoms with Gasteiger partial charge in [-0.15, -0.1) is 0 Å². The molecule has 5 nitrogen and oxygen atoms in total. The van der Waals surface area contributed by atoms with E-state index in [0.29, 0.717) is 17.0 Å². The van der Waals surface area contributed by atoms with Crippen LogP contribution in [0, 0.1) is 0 Å². The molecule has 0 spiro atoms. The molecule has 104 valence electrons. The summed E-state index contributed by atoms with van der Waals surface area (Å²) >= 11 is 0. The van der Waals surface area contributed by atoms with E-state index in [1.807, 2.05) is 4.90 Å². The maximum Gasteiger partial charge on any atom is 0.254 e. The van der Waals surface area contributed by atoms with E-state index in [0.717, 1.165) is 19.6 Å². The first-order valence-corrected chi connectivity index (χ1v) is 6.45. The molecule has 2 N–H and O–H groups in total. The van der Waals surface area contributed by atoms with Crippen molar-refractivity contribution in [2.75, 3.05) is 39.5 Å². The van der Waals surface area contributed by atoms with Crippen LogP contribution in [-0.2, 0) is 0 Å². The SMILES string of the molecule is COc1cc(N)cc(C(=O)N2CCN(C)CC2C)c1. The smallest absolute Gasteiger partial charge is 0.254 e. The molecular formula is C14H21N3O2. The number of rotatable bonds is 2. The fraction of sp³-hybridized carbons (Fsp3) is 0.500. The first-order valence-electron chi connectivity index (χ1n) is 6.45. The molecule has 1 aromatic carbocycles. The van der Waals surface area contributed by atoms with E-state index in [2.05, 4.69) is 18.9 Å². The fourth-order valence-electron chi connectivity index (χ4n) is 2.47. The molecule has 0 saturated carbocycles. The molecule has 0 radical (unpaired) electrons. The van der Waals surface area contributed by atoms with Gasteiger partial charge in [-0.1, -0.05) is 0 Å². The number of nitrogen functional groups attached to an aromatic ring is 1. The Balaban J connectivity index is 2.21. The second kappa shape index (κ2) is 5.48. The molecule has 1 amide bonds. The minimum Gasteiger partial charge on any atom is -0.497 e. The van der Waals surface area contributed by atoms with Crippen LogP contribution in [0.2, 0.25) is 0 Å². The number of amides is 1. The van der Waals surface area contributed by atoms with Crippen molar-refractivity contribution in [2.24, 2.45) is 0 Å². The molecular weight excluding hydrogens is 242 g/mol. The number of ether oxygens (including phenoxy) is 1. The number of nitrogens with two attached hydrogens (primary N) is 1. The second-order valence-corrected chi connectivity index (χ2v) is 5.10. The van der Waals surface area contributed by atoms with Crippen LogP contribution in [0.3, 0.4) is 0 Å². The third-order valence-corrected chi connectivity index (χ3v) is 3.50. The molecule has 1 fully saturated rings. The Hall–Kier alpha value is -1.75. The number of nitrogens with zero attached hydrogens (tertiary/aromatic N) is 2. The maximum absolute atomic E-state index is 12.5. The first kappa shape index (κ1) is 13.7. The van der Waals surface area contributed by atoms with Crippen LogP contribution in [0.5, 0.6) is 5.75 Å². The van der Waals surface area contributed by atoms with E-state index < -0.39 is 0 Å². The predicted molar refractivity (Wildman–Crippen MR) is 75.4 cm³/mol. The average Bonchev–Trinajstić information content (AvgIpc) is 2.37. The van der Waals surface area contributed by atoms with Crippen LogP contribution in [0.1, 0.15) is 17.3 Å². The Morgan fingerprint density at radius 1 is 1.37 bits per heavy atom. The number of methoxy groups -OCH3 is 1. The summed E-state index contributed by atoms with van der Waals surface area (Å²) in [5, 5.41) is 0. The molecule has 2 rings (SSSR count). The molecule has 19 heavy (non-hydrogen) atoms. The highest BCUT2D eigenvalue weighted by Crippen LogP contribution is 2.21. The summed E-state index contributed by atoms with van der Waals surface area (Å²) in [4.78, 5) is 16.7. The van der Waals surface area contributed by atoms with Gasteiger partial charge in [0.05, 0.1) is 7.11 Å². The summed E-state index contributed by atoms with van der Waals surface area (Å²) in [6.07, 6.45) is 0. The van der Waals surface area contributed by atoms with Crippen LogP contribution < -0.4 is 10.5 Å². The van der Waals surface area contributed by atoms with Gasteiger partial charge in [-0.05, 0) is 26.1 Å². The monoisotopic (exact) mass is 263 g/mol. The number of anilines is 1. The lowest BCUT2D eigenvalue weighted by Gasteiger charge is -2.38. The zero-order chi connectivity index (χ0) is 14.0. The highest BCUT2D eigenvalue weighted by atomic mass is 16.5. The summed E-state index contributed by atoms with van der Waals surface area (Å²) in [6.45, 7) is 4.60. The van der Waals surface area contributed by atoms with Gasteiger partial charge in [-0.25, -0.2) is 0 Å². The zero-order valence-corrected chi connectivity index (χ0v) is 11.7. The molecule has 1 aliphatic heterocycles. The summed E-state index contributed by atoms with van der Waals surface area (Å²) < 4.78 is 5.16. The minimum atomic E-state index is 0.0196. The maximum atomic E-state index is 12.5. The number of carbonyl (C=O) groups is 1. The molecule has 1 heterocycles. The van der Waals surface area contributed by atoms with Crippen molar-refractivity contribution in [1.82, 2.24) is 9.80 Å². The molecule has 0 bridgehead atoms. The Labute approximate surface area is 113 Å². The molecule has 1 aliphatic rings. The van der Waals surface area contributed by atoms with Crippen molar-refractivity contribution in [3.8, 4) is 5.75 Å². The summed E-state index contributed by atoms with van der Waals surface area (Å²) in [5.74, 6) is 0.635. The average molecular weight is 263 g/mol. The van der Waals surface area contributed by atoms with Gasteiger partial charge < -0.3 is 20.3 Å². The normalized spacial score (nSPS) is 20.4. The first-order chi connectivity index (χ1) is 9.01. The zero-order valence-electron chi connectivity index (χ0n) is 11.7. The number of likely N-dealkylation sites (N-methyl/N-ethyl adjacent to an activating group) is 1. The van der Waals surface area contributed by atoms with Crippen LogP contribution in [0.25, 0.3) is 0 Å². The van der Waals surface area contributed by atoms with Crippen molar-refractivity contribution in [3.05, 3.63) is 23.8 Å². The van der Waals surface area contributed by atoms with Crippen LogP contribution in [-0.4, -0.2) is 55.5 Å². The molecule has 1 saturated heterocycles. The van der Waals surface area contributed by atoms with Gasteiger partial charge in [0.15, 0.2) is 0 Å². The summed E-state index contributed by atoms with van der Waals surface area (Å²) in [5.41, 5.74) is 6.94. The Morgan fingerprint density at radius 3 is 2.74 bits per heavy atom. The Morgan fingerprint density at radius 2 is 2.11 bits per heavy atom. The lowest BCUT2D eigenvalue weighted by molar-refractivity contribution is 0.0533. The van der Waals surface area contributed by atoms with E-state index in [1.165, 1.54) is 0 Å². The third kappa shape index (κ3) is 2.98. The van der Waals surface area contributed by atoms with Gasteiger partial charge in [0.1, 0.15) is 5.75 Å². The van der Waals surface area contributed by atoms with Gasteiger partial charge >= 0.3 is 0 Å². The van der Waals surface area contributed by atoms with Crippen molar-refractivity contribution >= 4 is 11.6 Å². The predicted octanol–water partition coefficient (Wildman–Crippen LogP) is 1.05. The van der Waals surface area contributed by atoms with Crippen molar-refractivity contribution in [3.63, 3.8) is 0 Å². The van der Waals surface area contributed by atoms with Crippen LogP contribution >= 0.6 is 0 Å². The van der Waals surface area contributed by atoms with Gasteiger partial charge in [0.2, 0.25) is 0 Å². The largest absolute Gasteiger partial charge is 0.497 e. The quantitative estimate of drug-likeness (QED) is 0.810. The van der Waals surface area contributed by atoms with Crippen molar-refractivity contribution in [1.29, 1.82) is 0 Å². The van der Waals surface area contributed by atoms with E-state index in [-0.39, 0.29) is 11.9 Å². The van der Waals surface area contributed by atoms with E-state index in [1.54, 1.807) is 25.3 Å². The van der Waals surface area contributed by atoms with Crippen molar-refractivity contribution < 1.29 is 9.53 Å². The van der Waals surface area contributed by atoms with Crippen molar-refractivity contribution in [2.45, 2.75) is 13.0 Å². The molecule has 1 aromatic rings. The summed E-state index contributed by atoms with van der Waals surface area (Å²) in [6, 6.07) is 5.36. The molecule has 5 heteroatoms. The topological polar surface area (TPSA) is 58.8 Å². The van der Waals surface area contributed by atoms with Gasteiger partial charge in [-0.2, -0.15) is 0 Å². The van der Waals surface area contributed by atoms with Gasteiger partial charge in [0.25, 0.3) is 5.91 Å². The number of hydrogen-bond acceptors (Lipinski definition) is 4. The number of piperazine rings is 1. The summed E-state index contributed by atoms with van der Waals surface area (Å²) in [7, 11) is 3.64. The lowest BCUT2D eigenvalue weighted by atomic mass is 10.1. The second-order valence-electron chi connectivity index (χ2n) is 5.10.